The molecule has 2 atom stereocenters. The molecule has 0 amide bonds. The number of halogens is 3. The number of alkyl halides is 1. The van der Waals surface area contributed by atoms with Crippen LogP contribution in [0.5, 0.6) is 0 Å². The molecule has 166 valence electrons. The van der Waals surface area contributed by atoms with Gasteiger partial charge in [0.05, 0.1) is 23.6 Å². The Kier molecular flexibility index (Phi) is 6.29. The monoisotopic (exact) mass is 457 g/mol. The highest BCUT2D eigenvalue weighted by atomic mass is 35.5. The van der Waals surface area contributed by atoms with Crippen LogP contribution in [0.2, 0.25) is 0 Å². The van der Waals surface area contributed by atoms with Crippen LogP contribution in [-0.4, -0.2) is 48.8 Å². The molecule has 1 fully saturated rings. The normalized spacial score (nSPS) is 18.3. The molecule has 0 radical (unpaired) electrons. The van der Waals surface area contributed by atoms with Crippen molar-refractivity contribution in [1.29, 1.82) is 0 Å². The van der Waals surface area contributed by atoms with Crippen LogP contribution in [0, 0.1) is 5.82 Å². The maximum absolute atomic E-state index is 14.4. The Morgan fingerprint density at radius 1 is 1.06 bits per heavy atom. The maximum Gasteiger partial charge on any atom is 0.163 e. The number of hydrogen-bond acceptors (Lipinski definition) is 5. The molecule has 0 aliphatic carbocycles. The Morgan fingerprint density at radius 2 is 1.81 bits per heavy atom. The molecular formula is C22H22ClF2N7. The zero-order valence-electron chi connectivity index (χ0n) is 17.3. The van der Waals surface area contributed by atoms with Crippen LogP contribution in [0.1, 0.15) is 12.5 Å². The number of aromatic nitrogens is 6. The summed E-state index contributed by atoms with van der Waals surface area (Å²) >= 11 is 0. The second-order valence-electron chi connectivity index (χ2n) is 7.59. The molecule has 32 heavy (non-hydrogen) atoms. The van der Waals surface area contributed by atoms with Crippen molar-refractivity contribution in [2.75, 3.05) is 13.1 Å². The Bertz CT molecular complexity index is 1190. The molecule has 1 saturated heterocycles. The van der Waals surface area contributed by atoms with E-state index in [2.05, 4.69) is 20.6 Å². The molecule has 1 aliphatic heterocycles. The smallest absolute Gasteiger partial charge is 0.163 e. The number of piperidine rings is 1. The summed E-state index contributed by atoms with van der Waals surface area (Å²) in [5, 5.41) is 11.5. The molecule has 4 aromatic rings. The fourth-order valence-corrected chi connectivity index (χ4v) is 4.02. The number of imidazole rings is 1. The summed E-state index contributed by atoms with van der Waals surface area (Å²) in [6, 6.07) is 9.67. The molecule has 3 aromatic heterocycles. The number of hydrogen-bond donors (Lipinski definition) is 1. The van der Waals surface area contributed by atoms with E-state index >= 15 is 0 Å². The quantitative estimate of drug-likeness (QED) is 0.504. The molecule has 4 heterocycles. The van der Waals surface area contributed by atoms with Gasteiger partial charge in [0.2, 0.25) is 0 Å². The summed E-state index contributed by atoms with van der Waals surface area (Å²) < 4.78 is 31.4. The Hall–Kier alpha value is -3.17. The van der Waals surface area contributed by atoms with Gasteiger partial charge in [-0.2, -0.15) is 0 Å². The third-order valence-electron chi connectivity index (χ3n) is 5.62. The van der Waals surface area contributed by atoms with Crippen molar-refractivity contribution in [3.63, 3.8) is 0 Å². The molecule has 10 heteroatoms. The van der Waals surface area contributed by atoms with Gasteiger partial charge in [0.25, 0.3) is 0 Å². The molecule has 1 N–H and O–H groups in total. The van der Waals surface area contributed by atoms with E-state index in [-0.39, 0.29) is 24.3 Å². The van der Waals surface area contributed by atoms with Crippen LogP contribution in [0.4, 0.5) is 8.78 Å². The van der Waals surface area contributed by atoms with Gasteiger partial charge in [-0.25, -0.2) is 18.4 Å². The third kappa shape index (κ3) is 4.01. The summed E-state index contributed by atoms with van der Waals surface area (Å²) in [6.07, 6.45) is 4.80. The van der Waals surface area contributed by atoms with Gasteiger partial charge in [0, 0.05) is 37.1 Å². The Labute approximate surface area is 189 Å². The summed E-state index contributed by atoms with van der Waals surface area (Å²) in [7, 11) is 1.90. The van der Waals surface area contributed by atoms with Crippen molar-refractivity contribution in [1.82, 2.24) is 34.8 Å². The third-order valence-corrected chi connectivity index (χ3v) is 5.62. The SMILES string of the molecule is Cl.Cn1c(-c2cn([C@H]3CCNC[C@@H]3F)nn2)nc(-c2ccc(F)cc2)c1-c1ccncc1. The standard InChI is InChI=1S/C22H21F2N7.ClH/c1-30-21(15-6-9-25-10-7-15)20(14-2-4-16(23)5-3-14)27-22(30)18-13-31(29-28-18)19-8-11-26-12-17(19)24;/h2-7,9-10,13,17,19,26H,8,11-12H2,1H3;1H/t17-,19-;/m0./s1. The lowest BCUT2D eigenvalue weighted by Crippen LogP contribution is -2.39. The first-order valence-electron chi connectivity index (χ1n) is 10.1. The van der Waals surface area contributed by atoms with Crippen LogP contribution in [0.15, 0.2) is 55.0 Å². The van der Waals surface area contributed by atoms with Crippen LogP contribution in [0.3, 0.4) is 0 Å². The second-order valence-corrected chi connectivity index (χ2v) is 7.59. The van der Waals surface area contributed by atoms with Gasteiger partial charge in [0.15, 0.2) is 5.82 Å². The van der Waals surface area contributed by atoms with E-state index in [1.165, 1.54) is 12.1 Å². The van der Waals surface area contributed by atoms with E-state index < -0.39 is 6.17 Å². The van der Waals surface area contributed by atoms with Crippen molar-refractivity contribution >= 4 is 12.4 Å². The zero-order valence-corrected chi connectivity index (χ0v) is 18.1. The molecule has 0 unspecified atom stereocenters. The first-order chi connectivity index (χ1) is 15.1. The number of nitrogens with one attached hydrogen (secondary N) is 1. The van der Waals surface area contributed by atoms with Crippen LogP contribution in [-0.2, 0) is 7.05 Å². The largest absolute Gasteiger partial charge is 0.325 e. The number of benzene rings is 1. The molecule has 5 rings (SSSR count). The number of pyridine rings is 1. The lowest BCUT2D eigenvalue weighted by molar-refractivity contribution is 0.171. The minimum Gasteiger partial charge on any atom is -0.325 e. The van der Waals surface area contributed by atoms with E-state index in [9.17, 15) is 8.78 Å². The zero-order chi connectivity index (χ0) is 21.4. The molecule has 0 bridgehead atoms. The molecule has 1 aromatic carbocycles. The van der Waals surface area contributed by atoms with Crippen LogP contribution >= 0.6 is 12.4 Å². The molecule has 1 aliphatic rings. The summed E-state index contributed by atoms with van der Waals surface area (Å²) in [5.41, 5.74) is 3.80. The molecule has 0 spiro atoms. The molecule has 0 saturated carbocycles. The Morgan fingerprint density at radius 3 is 2.53 bits per heavy atom. The highest BCUT2D eigenvalue weighted by Crippen LogP contribution is 2.35. The highest BCUT2D eigenvalue weighted by molar-refractivity contribution is 5.85. The average Bonchev–Trinajstić information content (AvgIpc) is 3.40. The van der Waals surface area contributed by atoms with E-state index in [4.69, 9.17) is 4.98 Å². The highest BCUT2D eigenvalue weighted by Gasteiger charge is 2.28. The molecule has 7 nitrogen and oxygen atoms in total. The average molecular weight is 458 g/mol. The van der Waals surface area contributed by atoms with E-state index in [0.29, 0.717) is 30.2 Å². The van der Waals surface area contributed by atoms with Crippen LogP contribution < -0.4 is 5.32 Å². The second kappa shape index (κ2) is 9.13. The minimum absolute atomic E-state index is 0. The summed E-state index contributed by atoms with van der Waals surface area (Å²) in [5.74, 6) is 0.290. The van der Waals surface area contributed by atoms with Crippen LogP contribution in [0.25, 0.3) is 34.0 Å². The fraction of sp³-hybridized carbons (Fsp3) is 0.273. The minimum atomic E-state index is -1.02. The lowest BCUT2D eigenvalue weighted by Gasteiger charge is -2.26. The van der Waals surface area contributed by atoms with Gasteiger partial charge >= 0.3 is 0 Å². The lowest BCUT2D eigenvalue weighted by atomic mass is 10.1. The summed E-state index contributed by atoms with van der Waals surface area (Å²) in [4.78, 5) is 8.93. The summed E-state index contributed by atoms with van der Waals surface area (Å²) in [6.45, 7) is 1.05. The van der Waals surface area contributed by atoms with Gasteiger partial charge in [0.1, 0.15) is 17.7 Å². The van der Waals surface area contributed by atoms with Crippen molar-refractivity contribution < 1.29 is 8.78 Å². The van der Waals surface area contributed by atoms with E-state index in [1.54, 1.807) is 35.4 Å². The first kappa shape index (κ1) is 22.0. The van der Waals surface area contributed by atoms with E-state index in [0.717, 1.165) is 23.4 Å². The van der Waals surface area contributed by atoms with E-state index in [1.807, 2.05) is 23.7 Å². The topological polar surface area (TPSA) is 73.5 Å². The van der Waals surface area contributed by atoms with Gasteiger partial charge in [-0.1, -0.05) is 5.21 Å². The van der Waals surface area contributed by atoms with Gasteiger partial charge in [-0.3, -0.25) is 4.98 Å². The predicted octanol–water partition coefficient (Wildman–Crippen LogP) is 3.84. The van der Waals surface area contributed by atoms with Crippen molar-refractivity contribution in [2.24, 2.45) is 7.05 Å². The fourth-order valence-electron chi connectivity index (χ4n) is 4.02. The van der Waals surface area contributed by atoms with Crippen molar-refractivity contribution in [3.05, 3.63) is 60.8 Å². The number of nitrogens with zero attached hydrogens (tertiary/aromatic N) is 6. The van der Waals surface area contributed by atoms with Crippen molar-refractivity contribution in [2.45, 2.75) is 18.6 Å². The predicted molar refractivity (Wildman–Crippen MR) is 120 cm³/mol. The number of rotatable bonds is 4. The maximum atomic E-state index is 14.4. The molecular weight excluding hydrogens is 436 g/mol. The van der Waals surface area contributed by atoms with Gasteiger partial charge in [-0.15, -0.1) is 17.5 Å². The van der Waals surface area contributed by atoms with Gasteiger partial charge in [-0.05, 0) is 49.4 Å². The first-order valence-corrected chi connectivity index (χ1v) is 10.1. The Balaban J connectivity index is 0.00000245. The van der Waals surface area contributed by atoms with Gasteiger partial charge < -0.3 is 9.88 Å². The van der Waals surface area contributed by atoms with Crippen molar-refractivity contribution in [3.8, 4) is 34.0 Å².